The Hall–Kier alpha value is -3.29. The summed E-state index contributed by atoms with van der Waals surface area (Å²) in [5, 5.41) is 3.49. The van der Waals surface area contributed by atoms with Gasteiger partial charge in [0.25, 0.3) is 5.91 Å². The van der Waals surface area contributed by atoms with Gasteiger partial charge in [0.2, 0.25) is 0 Å². The van der Waals surface area contributed by atoms with Gasteiger partial charge in [-0.2, -0.15) is 0 Å². The fourth-order valence-corrected chi connectivity index (χ4v) is 4.18. The maximum atomic E-state index is 13.1. The van der Waals surface area contributed by atoms with Crippen LogP contribution in [0.5, 0.6) is 11.5 Å². The first-order valence-corrected chi connectivity index (χ1v) is 11.2. The average Bonchev–Trinajstić information content (AvgIpc) is 3.13. The molecule has 0 bridgehead atoms. The van der Waals surface area contributed by atoms with Crippen LogP contribution in [0.25, 0.3) is 6.08 Å². The number of carbonyl (C=O) groups excluding carboxylic acids is 1. The van der Waals surface area contributed by atoms with Gasteiger partial charge in [0.1, 0.15) is 12.4 Å². The highest BCUT2D eigenvalue weighted by atomic mass is 35.5. The Balaban J connectivity index is 1.52. The normalized spacial score (nSPS) is 15.7. The van der Waals surface area contributed by atoms with Crippen LogP contribution in [0.2, 0.25) is 5.02 Å². The maximum Gasteiger partial charge on any atom is 0.264 e. The molecule has 33 heavy (non-hydrogen) atoms. The Labute approximate surface area is 200 Å². The van der Waals surface area contributed by atoms with E-state index < -0.39 is 0 Å². The van der Waals surface area contributed by atoms with Crippen LogP contribution in [0.15, 0.2) is 70.6 Å². The van der Waals surface area contributed by atoms with Crippen LogP contribution in [-0.4, -0.2) is 18.2 Å². The van der Waals surface area contributed by atoms with Crippen molar-refractivity contribution in [2.45, 2.75) is 13.5 Å². The second kappa shape index (κ2) is 10.1. The van der Waals surface area contributed by atoms with Gasteiger partial charge in [-0.3, -0.25) is 4.79 Å². The molecule has 5 nitrogen and oxygen atoms in total. The van der Waals surface area contributed by atoms with Gasteiger partial charge in [-0.15, -0.1) is 0 Å². The number of amides is 1. The summed E-state index contributed by atoms with van der Waals surface area (Å²) in [6.45, 7) is 2.37. The highest BCUT2D eigenvalue weighted by Crippen LogP contribution is 2.38. The Morgan fingerprint density at radius 2 is 1.85 bits per heavy atom. The van der Waals surface area contributed by atoms with Crippen LogP contribution in [0, 0.1) is 12.7 Å². The van der Waals surface area contributed by atoms with Crippen LogP contribution in [0.3, 0.4) is 0 Å². The Morgan fingerprint density at radius 3 is 2.55 bits per heavy atom. The number of aryl methyl sites for hydroxylation is 1. The number of nitrogens with one attached hydrogen (secondary N) is 1. The number of thioether (sulfide) groups is 1. The number of nitrogens with zero attached hydrogens (tertiary/aromatic N) is 1. The monoisotopic (exact) mass is 482 g/mol. The molecule has 0 atom stereocenters. The molecule has 1 heterocycles. The molecule has 0 unspecified atom stereocenters. The number of amidine groups is 1. The molecule has 168 valence electrons. The number of ether oxygens (including phenoxy) is 2. The first-order chi connectivity index (χ1) is 15.9. The molecule has 0 aromatic heterocycles. The molecule has 3 aromatic rings. The largest absolute Gasteiger partial charge is 0.493 e. The quantitative estimate of drug-likeness (QED) is 0.421. The minimum absolute atomic E-state index is 0.282. The number of hydrogen-bond acceptors (Lipinski definition) is 5. The van der Waals surface area contributed by atoms with Gasteiger partial charge in [-0.05, 0) is 72.3 Å². The maximum absolute atomic E-state index is 13.1. The number of aliphatic imine (C=N–C) groups is 1. The van der Waals surface area contributed by atoms with Crippen LogP contribution >= 0.6 is 23.4 Å². The van der Waals surface area contributed by atoms with Crippen molar-refractivity contribution in [3.63, 3.8) is 0 Å². The van der Waals surface area contributed by atoms with E-state index in [1.165, 1.54) is 48.7 Å². The van der Waals surface area contributed by atoms with Gasteiger partial charge < -0.3 is 14.8 Å². The number of benzene rings is 3. The lowest BCUT2D eigenvalue weighted by molar-refractivity contribution is -0.115. The summed E-state index contributed by atoms with van der Waals surface area (Å²) in [4.78, 5) is 17.2. The van der Waals surface area contributed by atoms with E-state index >= 15 is 0 Å². The van der Waals surface area contributed by atoms with Gasteiger partial charge in [-0.1, -0.05) is 41.4 Å². The molecule has 0 saturated carbocycles. The molecule has 8 heteroatoms. The average molecular weight is 483 g/mol. The van der Waals surface area contributed by atoms with E-state index in [0.717, 1.165) is 5.56 Å². The molecule has 0 aliphatic carbocycles. The standard InChI is InChI=1S/C25H20ClFN2O3S/c1-15-3-5-16(6-4-15)14-32-23-20(26)11-17(12-21(23)31-2)13-22-24(30)29-25(33-22)28-19-9-7-18(27)8-10-19/h3-13H,14H2,1-2H3,(H,28,29,30)/b22-13+. The lowest BCUT2D eigenvalue weighted by Crippen LogP contribution is -2.19. The summed E-state index contributed by atoms with van der Waals surface area (Å²) in [7, 11) is 1.53. The Morgan fingerprint density at radius 1 is 1.12 bits per heavy atom. The molecular weight excluding hydrogens is 463 g/mol. The molecule has 0 spiro atoms. The van der Waals surface area contributed by atoms with Crippen LogP contribution in [0.1, 0.15) is 16.7 Å². The minimum atomic E-state index is -0.347. The molecule has 1 N–H and O–H groups in total. The highest BCUT2D eigenvalue weighted by Gasteiger charge is 2.24. The van der Waals surface area contributed by atoms with Crippen molar-refractivity contribution in [2.24, 2.45) is 4.99 Å². The zero-order valence-electron chi connectivity index (χ0n) is 17.9. The Kier molecular flexibility index (Phi) is 7.01. The number of methoxy groups -OCH3 is 1. The lowest BCUT2D eigenvalue weighted by atomic mass is 10.1. The molecule has 1 saturated heterocycles. The molecule has 3 aromatic carbocycles. The molecule has 4 rings (SSSR count). The third-order valence-electron chi connectivity index (χ3n) is 4.76. The third kappa shape index (κ3) is 5.74. The smallest absolute Gasteiger partial charge is 0.264 e. The van der Waals surface area contributed by atoms with Gasteiger partial charge >= 0.3 is 0 Å². The lowest BCUT2D eigenvalue weighted by Gasteiger charge is -2.13. The van der Waals surface area contributed by atoms with Crippen LogP contribution < -0.4 is 14.8 Å². The zero-order chi connectivity index (χ0) is 23.4. The molecular formula is C25H20ClFN2O3S. The van der Waals surface area contributed by atoms with Crippen molar-refractivity contribution < 1.29 is 18.7 Å². The fraction of sp³-hybridized carbons (Fsp3) is 0.120. The second-order valence-corrected chi connectivity index (χ2v) is 8.70. The third-order valence-corrected chi connectivity index (χ3v) is 5.95. The van der Waals surface area contributed by atoms with Gasteiger partial charge in [0.15, 0.2) is 16.7 Å². The number of carbonyl (C=O) groups is 1. The highest BCUT2D eigenvalue weighted by molar-refractivity contribution is 8.18. The first kappa shape index (κ1) is 22.9. The first-order valence-electron chi connectivity index (χ1n) is 10.0. The van der Waals surface area contributed by atoms with Crippen molar-refractivity contribution in [3.8, 4) is 11.5 Å². The number of rotatable bonds is 6. The zero-order valence-corrected chi connectivity index (χ0v) is 19.5. The van der Waals surface area contributed by atoms with Crippen molar-refractivity contribution in [3.05, 3.63) is 93.1 Å². The van der Waals surface area contributed by atoms with E-state index in [4.69, 9.17) is 21.1 Å². The molecule has 1 amide bonds. The van der Waals surface area contributed by atoms with E-state index in [0.29, 0.717) is 44.5 Å². The van der Waals surface area contributed by atoms with E-state index in [9.17, 15) is 9.18 Å². The second-order valence-electron chi connectivity index (χ2n) is 7.27. The fourth-order valence-electron chi connectivity index (χ4n) is 3.07. The predicted molar refractivity (Wildman–Crippen MR) is 131 cm³/mol. The SMILES string of the molecule is COc1cc(/C=C2/SC(=Nc3ccc(F)cc3)NC2=O)cc(Cl)c1OCc1ccc(C)cc1. The molecule has 1 aliphatic rings. The van der Waals surface area contributed by atoms with Crippen LogP contribution in [-0.2, 0) is 11.4 Å². The van der Waals surface area contributed by atoms with Gasteiger partial charge in [0.05, 0.1) is 22.7 Å². The van der Waals surface area contributed by atoms with E-state index in [1.807, 2.05) is 31.2 Å². The molecule has 1 aliphatic heterocycles. The van der Waals surface area contributed by atoms with Gasteiger partial charge in [0, 0.05) is 0 Å². The topological polar surface area (TPSA) is 59.9 Å². The summed E-state index contributed by atoms with van der Waals surface area (Å²) in [6.07, 6.45) is 1.70. The van der Waals surface area contributed by atoms with E-state index in [-0.39, 0.29) is 11.7 Å². The van der Waals surface area contributed by atoms with E-state index in [2.05, 4.69) is 10.3 Å². The number of halogens is 2. The Bertz CT molecular complexity index is 1240. The van der Waals surface area contributed by atoms with Crippen molar-refractivity contribution in [2.75, 3.05) is 7.11 Å². The summed E-state index contributed by atoms with van der Waals surface area (Å²) in [5.41, 5.74) is 3.41. The molecule has 0 radical (unpaired) electrons. The van der Waals surface area contributed by atoms with Crippen molar-refractivity contribution in [1.29, 1.82) is 0 Å². The molecule has 1 fully saturated rings. The summed E-state index contributed by atoms with van der Waals surface area (Å²) >= 11 is 7.67. The van der Waals surface area contributed by atoms with Crippen molar-refractivity contribution in [1.82, 2.24) is 5.32 Å². The van der Waals surface area contributed by atoms with Gasteiger partial charge in [-0.25, -0.2) is 9.38 Å². The minimum Gasteiger partial charge on any atom is -0.493 e. The number of hydrogen-bond donors (Lipinski definition) is 1. The summed E-state index contributed by atoms with van der Waals surface area (Å²) < 4.78 is 24.5. The predicted octanol–water partition coefficient (Wildman–Crippen LogP) is 6.27. The van der Waals surface area contributed by atoms with Crippen LogP contribution in [0.4, 0.5) is 10.1 Å². The van der Waals surface area contributed by atoms with Crippen molar-refractivity contribution >= 4 is 46.2 Å². The van der Waals surface area contributed by atoms with E-state index in [1.54, 1.807) is 18.2 Å². The summed E-state index contributed by atoms with van der Waals surface area (Å²) in [5.74, 6) is 0.268. The summed E-state index contributed by atoms with van der Waals surface area (Å²) in [6, 6.07) is 17.2.